The molecule has 0 saturated heterocycles. The maximum absolute atomic E-state index is 12.3. The highest BCUT2D eigenvalue weighted by Crippen LogP contribution is 2.21. The van der Waals surface area contributed by atoms with E-state index in [0.717, 1.165) is 0 Å². The van der Waals surface area contributed by atoms with E-state index in [1.165, 1.54) is 12.4 Å². The number of hydrogen-bond donors (Lipinski definition) is 0. The number of benzene rings is 1. The second kappa shape index (κ2) is 6.61. The SMILES string of the molecule is COCCOc1ccccc1C(=O)c1ccnnc1. The maximum Gasteiger partial charge on any atom is 0.198 e. The molecule has 0 aliphatic rings. The first-order valence-electron chi connectivity index (χ1n) is 5.85. The van der Waals surface area contributed by atoms with Gasteiger partial charge in [-0.15, -0.1) is 0 Å². The Morgan fingerprint density at radius 3 is 2.74 bits per heavy atom. The molecule has 0 N–H and O–H groups in total. The molecule has 0 saturated carbocycles. The Morgan fingerprint density at radius 1 is 1.16 bits per heavy atom. The molecule has 0 radical (unpaired) electrons. The van der Waals surface area contributed by atoms with E-state index in [1.807, 2.05) is 6.07 Å². The Labute approximate surface area is 111 Å². The van der Waals surface area contributed by atoms with Crippen LogP contribution in [0.2, 0.25) is 0 Å². The normalized spacial score (nSPS) is 10.2. The topological polar surface area (TPSA) is 61.3 Å². The standard InChI is InChI=1S/C14H14N2O3/c1-18-8-9-19-13-5-3-2-4-12(13)14(17)11-6-7-15-16-10-11/h2-7,10H,8-9H2,1H3. The Kier molecular flexibility index (Phi) is 4.58. The van der Waals surface area contributed by atoms with E-state index in [2.05, 4.69) is 10.2 Å². The van der Waals surface area contributed by atoms with E-state index < -0.39 is 0 Å². The molecule has 2 rings (SSSR count). The van der Waals surface area contributed by atoms with Gasteiger partial charge in [-0.1, -0.05) is 12.1 Å². The molecule has 98 valence electrons. The van der Waals surface area contributed by atoms with E-state index >= 15 is 0 Å². The van der Waals surface area contributed by atoms with Crippen LogP contribution in [0.4, 0.5) is 0 Å². The number of hydrogen-bond acceptors (Lipinski definition) is 5. The van der Waals surface area contributed by atoms with E-state index in [1.54, 1.807) is 31.4 Å². The molecule has 0 atom stereocenters. The van der Waals surface area contributed by atoms with Crippen LogP contribution < -0.4 is 4.74 Å². The van der Waals surface area contributed by atoms with Gasteiger partial charge in [0.2, 0.25) is 0 Å². The summed E-state index contributed by atoms with van der Waals surface area (Å²) in [7, 11) is 1.60. The molecule has 0 bridgehead atoms. The Hall–Kier alpha value is -2.27. The molecule has 0 unspecified atom stereocenters. The molecule has 1 heterocycles. The minimum absolute atomic E-state index is 0.136. The monoisotopic (exact) mass is 258 g/mol. The van der Waals surface area contributed by atoms with Crippen LogP contribution in [0, 0.1) is 0 Å². The molecule has 0 fully saturated rings. The van der Waals surface area contributed by atoms with Gasteiger partial charge in [-0.2, -0.15) is 10.2 Å². The van der Waals surface area contributed by atoms with Gasteiger partial charge < -0.3 is 9.47 Å². The Morgan fingerprint density at radius 2 is 2.00 bits per heavy atom. The lowest BCUT2D eigenvalue weighted by atomic mass is 10.0. The molecular weight excluding hydrogens is 244 g/mol. The van der Waals surface area contributed by atoms with Gasteiger partial charge in [0.15, 0.2) is 5.78 Å². The minimum Gasteiger partial charge on any atom is -0.490 e. The number of aromatic nitrogens is 2. The number of ether oxygens (including phenoxy) is 2. The highest BCUT2D eigenvalue weighted by Gasteiger charge is 2.14. The Balaban J connectivity index is 2.22. The van der Waals surface area contributed by atoms with Gasteiger partial charge in [0.25, 0.3) is 0 Å². The Bertz CT molecular complexity index is 543. The van der Waals surface area contributed by atoms with Crippen LogP contribution >= 0.6 is 0 Å². The van der Waals surface area contributed by atoms with E-state index in [9.17, 15) is 4.79 Å². The second-order valence-electron chi connectivity index (χ2n) is 3.80. The summed E-state index contributed by atoms with van der Waals surface area (Å²) < 4.78 is 10.5. The molecule has 0 amide bonds. The summed E-state index contributed by atoms with van der Waals surface area (Å²) in [5, 5.41) is 7.36. The average molecular weight is 258 g/mol. The van der Waals surface area contributed by atoms with Crippen molar-refractivity contribution in [1.82, 2.24) is 10.2 Å². The maximum atomic E-state index is 12.3. The van der Waals surface area contributed by atoms with Gasteiger partial charge >= 0.3 is 0 Å². The highest BCUT2D eigenvalue weighted by atomic mass is 16.5. The van der Waals surface area contributed by atoms with Crippen LogP contribution in [-0.4, -0.2) is 36.3 Å². The summed E-state index contributed by atoms with van der Waals surface area (Å²) in [5.74, 6) is 0.407. The molecule has 2 aromatic rings. The number of ketones is 1. The van der Waals surface area contributed by atoms with Crippen LogP contribution in [0.5, 0.6) is 5.75 Å². The van der Waals surface area contributed by atoms with Crippen molar-refractivity contribution in [3.8, 4) is 5.75 Å². The summed E-state index contributed by atoms with van der Waals surface area (Å²) in [4.78, 5) is 12.3. The van der Waals surface area contributed by atoms with Crippen LogP contribution in [0.25, 0.3) is 0 Å². The predicted molar refractivity (Wildman–Crippen MR) is 69.3 cm³/mol. The van der Waals surface area contributed by atoms with Crippen molar-refractivity contribution in [2.45, 2.75) is 0 Å². The third kappa shape index (κ3) is 3.35. The van der Waals surface area contributed by atoms with E-state index in [0.29, 0.717) is 30.1 Å². The van der Waals surface area contributed by atoms with Crippen molar-refractivity contribution in [2.75, 3.05) is 20.3 Å². The fourth-order valence-corrected chi connectivity index (χ4v) is 1.60. The number of carbonyl (C=O) groups is 1. The lowest BCUT2D eigenvalue weighted by molar-refractivity contribution is 0.103. The molecule has 0 aliphatic carbocycles. The van der Waals surface area contributed by atoms with Gasteiger partial charge in [-0.25, -0.2) is 0 Å². The lowest BCUT2D eigenvalue weighted by Crippen LogP contribution is -2.09. The number of rotatable bonds is 6. The van der Waals surface area contributed by atoms with Crippen LogP contribution in [0.15, 0.2) is 42.7 Å². The summed E-state index contributed by atoms with van der Waals surface area (Å²) >= 11 is 0. The van der Waals surface area contributed by atoms with Crippen LogP contribution in [-0.2, 0) is 4.74 Å². The zero-order valence-electron chi connectivity index (χ0n) is 10.6. The number of carbonyl (C=O) groups excluding carboxylic acids is 1. The van der Waals surface area contributed by atoms with Gasteiger partial charge in [-0.05, 0) is 18.2 Å². The van der Waals surface area contributed by atoms with Crippen molar-refractivity contribution in [3.63, 3.8) is 0 Å². The lowest BCUT2D eigenvalue weighted by Gasteiger charge is -2.10. The summed E-state index contributed by atoms with van der Waals surface area (Å²) in [5.41, 5.74) is 0.990. The minimum atomic E-state index is -0.136. The van der Waals surface area contributed by atoms with Crippen LogP contribution in [0.3, 0.4) is 0 Å². The fraction of sp³-hybridized carbons (Fsp3) is 0.214. The van der Waals surface area contributed by atoms with Crippen molar-refractivity contribution in [3.05, 3.63) is 53.9 Å². The van der Waals surface area contributed by atoms with Gasteiger partial charge in [0.1, 0.15) is 12.4 Å². The van der Waals surface area contributed by atoms with Gasteiger partial charge in [-0.3, -0.25) is 4.79 Å². The first kappa shape index (κ1) is 13.2. The van der Waals surface area contributed by atoms with E-state index in [-0.39, 0.29) is 5.78 Å². The van der Waals surface area contributed by atoms with Crippen molar-refractivity contribution >= 4 is 5.78 Å². The molecule has 19 heavy (non-hydrogen) atoms. The van der Waals surface area contributed by atoms with Gasteiger partial charge in [0.05, 0.1) is 24.6 Å². The third-order valence-corrected chi connectivity index (χ3v) is 2.52. The number of nitrogens with zero attached hydrogens (tertiary/aromatic N) is 2. The molecule has 0 spiro atoms. The van der Waals surface area contributed by atoms with Gasteiger partial charge in [0, 0.05) is 12.7 Å². The molecular formula is C14H14N2O3. The average Bonchev–Trinajstić information content (AvgIpc) is 2.48. The fourth-order valence-electron chi connectivity index (χ4n) is 1.60. The third-order valence-electron chi connectivity index (χ3n) is 2.52. The molecule has 5 nitrogen and oxygen atoms in total. The molecule has 0 aliphatic heterocycles. The second-order valence-corrected chi connectivity index (χ2v) is 3.80. The summed E-state index contributed by atoms with van der Waals surface area (Å²) in [6.45, 7) is 0.870. The summed E-state index contributed by atoms with van der Waals surface area (Å²) in [6.07, 6.45) is 2.93. The van der Waals surface area contributed by atoms with Crippen LogP contribution in [0.1, 0.15) is 15.9 Å². The largest absolute Gasteiger partial charge is 0.490 e. The first-order valence-corrected chi connectivity index (χ1v) is 5.85. The van der Waals surface area contributed by atoms with Crippen molar-refractivity contribution in [2.24, 2.45) is 0 Å². The first-order chi connectivity index (χ1) is 9.33. The molecule has 1 aromatic heterocycles. The van der Waals surface area contributed by atoms with E-state index in [4.69, 9.17) is 9.47 Å². The van der Waals surface area contributed by atoms with Crippen molar-refractivity contribution < 1.29 is 14.3 Å². The summed E-state index contributed by atoms with van der Waals surface area (Å²) in [6, 6.07) is 8.73. The molecule has 5 heteroatoms. The zero-order chi connectivity index (χ0) is 13.5. The quantitative estimate of drug-likeness (QED) is 0.583. The smallest absolute Gasteiger partial charge is 0.198 e. The predicted octanol–water partition coefficient (Wildman–Crippen LogP) is 1.73. The zero-order valence-corrected chi connectivity index (χ0v) is 10.6. The highest BCUT2D eigenvalue weighted by molar-refractivity contribution is 6.10. The van der Waals surface area contributed by atoms with Crippen molar-refractivity contribution in [1.29, 1.82) is 0 Å². The number of methoxy groups -OCH3 is 1. The number of para-hydroxylation sites is 1. The molecule has 1 aromatic carbocycles.